The summed E-state index contributed by atoms with van der Waals surface area (Å²) in [6, 6.07) is 9.06. The second kappa shape index (κ2) is 7.63. The van der Waals surface area contributed by atoms with Crippen molar-refractivity contribution in [3.63, 3.8) is 0 Å². The number of rotatable bonds is 3. The van der Waals surface area contributed by atoms with Gasteiger partial charge in [0.15, 0.2) is 11.5 Å². The Balaban J connectivity index is 0.00000176. The van der Waals surface area contributed by atoms with E-state index in [4.69, 9.17) is 16.1 Å². The Hall–Kier alpha value is -1.56. The number of amides is 1. The molecule has 1 aromatic heterocycles. The molecule has 1 aliphatic heterocycles. The molecule has 2 heterocycles. The van der Waals surface area contributed by atoms with Gasteiger partial charge in [0.05, 0.1) is 5.02 Å². The fourth-order valence-corrected chi connectivity index (χ4v) is 2.63. The molecule has 0 spiro atoms. The molecule has 2 N–H and O–H groups in total. The lowest BCUT2D eigenvalue weighted by Gasteiger charge is -2.23. The van der Waals surface area contributed by atoms with Crippen LogP contribution < -0.4 is 10.6 Å². The van der Waals surface area contributed by atoms with E-state index in [1.807, 2.05) is 18.2 Å². The van der Waals surface area contributed by atoms with E-state index < -0.39 is 0 Å². The van der Waals surface area contributed by atoms with Crippen molar-refractivity contribution < 1.29 is 9.32 Å². The van der Waals surface area contributed by atoms with Crippen LogP contribution >= 0.6 is 24.0 Å². The number of halogens is 2. The summed E-state index contributed by atoms with van der Waals surface area (Å²) in [7, 11) is 0. The van der Waals surface area contributed by atoms with Crippen molar-refractivity contribution in [2.24, 2.45) is 0 Å². The number of carbonyl (C=O) groups excluding carboxylic acids is 1. The molecule has 22 heavy (non-hydrogen) atoms. The van der Waals surface area contributed by atoms with E-state index in [1.54, 1.807) is 12.1 Å². The Morgan fingerprint density at radius 2 is 2.23 bits per heavy atom. The summed E-state index contributed by atoms with van der Waals surface area (Å²) in [6.07, 6.45) is 2.04. The van der Waals surface area contributed by atoms with Crippen LogP contribution in [0.15, 0.2) is 34.9 Å². The third-order valence-electron chi connectivity index (χ3n) is 3.51. The van der Waals surface area contributed by atoms with Crippen LogP contribution in [0, 0.1) is 0 Å². The first-order valence-corrected chi connectivity index (χ1v) is 7.35. The summed E-state index contributed by atoms with van der Waals surface area (Å²) >= 11 is 6.11. The van der Waals surface area contributed by atoms with E-state index in [0.717, 1.165) is 31.5 Å². The number of carbonyl (C=O) groups is 1. The zero-order chi connectivity index (χ0) is 14.7. The highest BCUT2D eigenvalue weighted by atomic mass is 35.5. The quantitative estimate of drug-likeness (QED) is 0.900. The average Bonchev–Trinajstić information content (AvgIpc) is 2.98. The van der Waals surface area contributed by atoms with Crippen LogP contribution in [-0.4, -0.2) is 30.2 Å². The third kappa shape index (κ3) is 3.80. The van der Waals surface area contributed by atoms with Crippen LogP contribution in [0.1, 0.15) is 23.3 Å². The van der Waals surface area contributed by atoms with Gasteiger partial charge in [-0.2, -0.15) is 0 Å². The third-order valence-corrected chi connectivity index (χ3v) is 3.84. The lowest BCUT2D eigenvalue weighted by Crippen LogP contribution is -2.45. The Labute approximate surface area is 139 Å². The first-order chi connectivity index (χ1) is 10.2. The highest BCUT2D eigenvalue weighted by molar-refractivity contribution is 6.33. The van der Waals surface area contributed by atoms with Crippen LogP contribution in [0.25, 0.3) is 11.3 Å². The Morgan fingerprint density at radius 1 is 1.41 bits per heavy atom. The molecule has 1 amide bonds. The Kier molecular flexibility index (Phi) is 5.83. The number of hydrogen-bond donors (Lipinski definition) is 2. The molecule has 0 bridgehead atoms. The lowest BCUT2D eigenvalue weighted by atomic mass is 10.1. The largest absolute Gasteiger partial charge is 0.355 e. The van der Waals surface area contributed by atoms with Gasteiger partial charge in [-0.05, 0) is 31.5 Å². The molecule has 0 saturated carbocycles. The molecule has 0 unspecified atom stereocenters. The van der Waals surface area contributed by atoms with Gasteiger partial charge in [0.25, 0.3) is 5.91 Å². The Bertz CT molecular complexity index is 639. The highest BCUT2D eigenvalue weighted by Crippen LogP contribution is 2.27. The molecule has 1 saturated heterocycles. The standard InChI is InChI=1S/C15H16ClN3O2.ClH/c16-12-6-2-1-5-11(12)14-8-13(19-21-14)15(20)18-10-4-3-7-17-9-10;/h1-2,5-6,8,10,17H,3-4,7,9H2,(H,18,20);1H/t10-;/m0./s1. The summed E-state index contributed by atoms with van der Waals surface area (Å²) in [5.41, 5.74) is 1.00. The number of nitrogens with zero attached hydrogens (tertiary/aromatic N) is 1. The van der Waals surface area contributed by atoms with Crippen molar-refractivity contribution in [3.8, 4) is 11.3 Å². The molecule has 1 aromatic carbocycles. The zero-order valence-corrected chi connectivity index (χ0v) is 13.4. The van der Waals surface area contributed by atoms with Crippen LogP contribution in [0.2, 0.25) is 5.02 Å². The maximum absolute atomic E-state index is 12.1. The van der Waals surface area contributed by atoms with Gasteiger partial charge in [-0.25, -0.2) is 0 Å². The number of aromatic nitrogens is 1. The molecular formula is C15H17Cl2N3O2. The van der Waals surface area contributed by atoms with Crippen molar-refractivity contribution in [1.82, 2.24) is 15.8 Å². The van der Waals surface area contributed by atoms with Crippen molar-refractivity contribution in [1.29, 1.82) is 0 Å². The van der Waals surface area contributed by atoms with E-state index in [-0.39, 0.29) is 30.0 Å². The summed E-state index contributed by atoms with van der Waals surface area (Å²) in [5, 5.41) is 10.6. The molecule has 1 aliphatic rings. The summed E-state index contributed by atoms with van der Waals surface area (Å²) in [5.74, 6) is 0.276. The van der Waals surface area contributed by atoms with E-state index in [0.29, 0.717) is 10.8 Å². The lowest BCUT2D eigenvalue weighted by molar-refractivity contribution is 0.0921. The van der Waals surface area contributed by atoms with Gasteiger partial charge in [-0.1, -0.05) is 28.9 Å². The first-order valence-electron chi connectivity index (χ1n) is 6.97. The van der Waals surface area contributed by atoms with Gasteiger partial charge >= 0.3 is 0 Å². The minimum absolute atomic E-state index is 0. The van der Waals surface area contributed by atoms with Gasteiger partial charge in [0, 0.05) is 24.2 Å². The van der Waals surface area contributed by atoms with E-state index in [9.17, 15) is 4.79 Å². The number of benzene rings is 1. The topological polar surface area (TPSA) is 67.2 Å². The van der Waals surface area contributed by atoms with Crippen LogP contribution in [-0.2, 0) is 0 Å². The normalized spacial score (nSPS) is 17.6. The van der Waals surface area contributed by atoms with Crippen molar-refractivity contribution in [2.45, 2.75) is 18.9 Å². The predicted octanol–water partition coefficient (Wildman–Crippen LogP) is 2.90. The highest BCUT2D eigenvalue weighted by Gasteiger charge is 2.19. The maximum atomic E-state index is 12.1. The SMILES string of the molecule is Cl.O=C(N[C@H]1CCCNC1)c1cc(-c2ccccc2Cl)on1. The molecule has 7 heteroatoms. The van der Waals surface area contributed by atoms with Crippen LogP contribution in [0.5, 0.6) is 0 Å². The Morgan fingerprint density at radius 3 is 2.95 bits per heavy atom. The fourth-order valence-electron chi connectivity index (χ4n) is 2.40. The number of nitrogens with one attached hydrogen (secondary N) is 2. The van der Waals surface area contributed by atoms with E-state index in [1.165, 1.54) is 0 Å². The summed E-state index contributed by atoms with van der Waals surface area (Å²) in [4.78, 5) is 12.1. The molecule has 3 rings (SSSR count). The van der Waals surface area contributed by atoms with Gasteiger partial charge in [-0.15, -0.1) is 12.4 Å². The summed E-state index contributed by atoms with van der Waals surface area (Å²) < 4.78 is 5.23. The van der Waals surface area contributed by atoms with Crippen LogP contribution in [0.3, 0.4) is 0 Å². The molecule has 0 aliphatic carbocycles. The molecule has 1 fully saturated rings. The monoisotopic (exact) mass is 341 g/mol. The van der Waals surface area contributed by atoms with E-state index >= 15 is 0 Å². The molecule has 0 radical (unpaired) electrons. The molecule has 1 atom stereocenters. The molecular weight excluding hydrogens is 325 g/mol. The second-order valence-corrected chi connectivity index (χ2v) is 5.48. The minimum Gasteiger partial charge on any atom is -0.355 e. The zero-order valence-electron chi connectivity index (χ0n) is 11.8. The van der Waals surface area contributed by atoms with Gasteiger partial charge in [0.1, 0.15) is 0 Å². The van der Waals surface area contributed by atoms with Crippen molar-refractivity contribution in [3.05, 3.63) is 41.0 Å². The second-order valence-electron chi connectivity index (χ2n) is 5.07. The molecule has 2 aromatic rings. The first kappa shape index (κ1) is 16.8. The number of piperidine rings is 1. The smallest absolute Gasteiger partial charge is 0.273 e. The van der Waals surface area contributed by atoms with Gasteiger partial charge < -0.3 is 15.2 Å². The fraction of sp³-hybridized carbons (Fsp3) is 0.333. The van der Waals surface area contributed by atoms with Crippen LogP contribution in [0.4, 0.5) is 0 Å². The van der Waals surface area contributed by atoms with E-state index in [2.05, 4.69) is 15.8 Å². The number of hydrogen-bond acceptors (Lipinski definition) is 4. The van der Waals surface area contributed by atoms with Crippen molar-refractivity contribution >= 4 is 29.9 Å². The summed E-state index contributed by atoms with van der Waals surface area (Å²) in [6.45, 7) is 1.80. The maximum Gasteiger partial charge on any atom is 0.273 e. The van der Waals surface area contributed by atoms with Gasteiger partial charge in [0.2, 0.25) is 0 Å². The predicted molar refractivity (Wildman–Crippen MR) is 87.6 cm³/mol. The van der Waals surface area contributed by atoms with Gasteiger partial charge in [-0.3, -0.25) is 4.79 Å². The molecule has 118 valence electrons. The molecule has 5 nitrogen and oxygen atoms in total. The van der Waals surface area contributed by atoms with Crippen molar-refractivity contribution in [2.75, 3.05) is 13.1 Å². The average molecular weight is 342 g/mol. The minimum atomic E-state index is -0.217.